The van der Waals surface area contributed by atoms with Gasteiger partial charge in [-0.2, -0.15) is 0 Å². The third-order valence-corrected chi connectivity index (χ3v) is 8.84. The monoisotopic (exact) mass is 360 g/mol. The molecule has 0 amide bonds. The van der Waals surface area contributed by atoms with Crippen molar-refractivity contribution >= 4 is 11.5 Å². The quantitative estimate of drug-likeness (QED) is 0.600. The molecule has 0 aromatic rings. The fourth-order valence-electron chi connectivity index (χ4n) is 7.20. The molecule has 0 radical (unpaired) electrons. The molecule has 0 heterocycles. The van der Waals surface area contributed by atoms with Gasteiger partial charge in [0.05, 0.1) is 5.71 Å². The zero-order chi connectivity index (χ0) is 18.4. The van der Waals surface area contributed by atoms with Crippen LogP contribution in [0.4, 0.5) is 0 Å². The third kappa shape index (κ3) is 2.83. The number of oxime groups is 1. The molecule has 0 aromatic heterocycles. The van der Waals surface area contributed by atoms with Crippen molar-refractivity contribution < 1.29 is 9.63 Å². The van der Waals surface area contributed by atoms with Crippen LogP contribution in [0.15, 0.2) is 5.16 Å². The molecule has 0 spiro atoms. The van der Waals surface area contributed by atoms with Gasteiger partial charge in [-0.3, -0.25) is 4.79 Å². The molecular weight excluding hydrogens is 324 g/mol. The van der Waals surface area contributed by atoms with Crippen LogP contribution in [0.3, 0.4) is 0 Å². The van der Waals surface area contributed by atoms with Crippen molar-refractivity contribution in [3.05, 3.63) is 0 Å². The number of ketones is 1. The number of rotatable bonds is 4. The minimum atomic E-state index is 0.00246. The number of carbonyl (C=O) groups excluding carboxylic acids is 1. The first-order valence-corrected chi connectivity index (χ1v) is 10.9. The Morgan fingerprint density at radius 2 is 1.96 bits per heavy atom. The van der Waals surface area contributed by atoms with Crippen molar-refractivity contribution in [2.24, 2.45) is 45.4 Å². The number of fused-ring (bicyclic) bond motifs is 5. The van der Waals surface area contributed by atoms with E-state index in [1.54, 1.807) is 0 Å². The van der Waals surface area contributed by atoms with Crippen LogP contribution in [-0.4, -0.2) is 24.6 Å². The smallest absolute Gasteiger partial charge is 0.139 e. The summed E-state index contributed by atoms with van der Waals surface area (Å²) in [4.78, 5) is 18.0. The summed E-state index contributed by atoms with van der Waals surface area (Å²) in [6.45, 7) is 6.14. The van der Waals surface area contributed by atoms with Gasteiger partial charge < -0.3 is 10.6 Å². The standard InChI is InChI=1S/C22H36N2O2/c1-21-10-8-16(24-26-13-3-12-23)14-15(21)4-5-17-18-6-7-20(25)22(18,2)11-9-19(17)21/h15,17-19H,3-14,23H2,1-2H3/b24-16+/t15?,17?,18?,19?,21-,22-/m0/s1. The Morgan fingerprint density at radius 1 is 1.12 bits per heavy atom. The third-order valence-electron chi connectivity index (χ3n) is 8.84. The molecule has 6 atom stereocenters. The van der Waals surface area contributed by atoms with E-state index >= 15 is 0 Å². The molecule has 26 heavy (non-hydrogen) atoms. The van der Waals surface area contributed by atoms with Crippen LogP contribution in [-0.2, 0) is 9.63 Å². The van der Waals surface area contributed by atoms with Gasteiger partial charge in [0, 0.05) is 11.8 Å². The fourth-order valence-corrected chi connectivity index (χ4v) is 7.20. The first kappa shape index (κ1) is 18.5. The van der Waals surface area contributed by atoms with E-state index < -0.39 is 0 Å². The highest BCUT2D eigenvalue weighted by Crippen LogP contribution is 2.65. The largest absolute Gasteiger partial charge is 0.396 e. The SMILES string of the molecule is C[C@]12CC/C(=N\OCCCN)CC1CCC1C2CC[C@]2(C)C(=O)CCC12. The molecule has 0 bridgehead atoms. The second kappa shape index (κ2) is 6.92. The number of hydrogen-bond donors (Lipinski definition) is 1. The maximum Gasteiger partial charge on any atom is 0.139 e. The zero-order valence-corrected chi connectivity index (χ0v) is 16.6. The van der Waals surface area contributed by atoms with Gasteiger partial charge in [-0.1, -0.05) is 19.0 Å². The second-order valence-corrected chi connectivity index (χ2v) is 9.91. The fraction of sp³-hybridized carbons (Fsp3) is 0.909. The second-order valence-electron chi connectivity index (χ2n) is 9.91. The van der Waals surface area contributed by atoms with Crippen LogP contribution in [0.2, 0.25) is 0 Å². The minimum Gasteiger partial charge on any atom is -0.396 e. The summed E-state index contributed by atoms with van der Waals surface area (Å²) in [5.41, 5.74) is 7.22. The van der Waals surface area contributed by atoms with Gasteiger partial charge in [-0.15, -0.1) is 0 Å². The van der Waals surface area contributed by atoms with Crippen molar-refractivity contribution in [2.45, 2.75) is 78.1 Å². The van der Waals surface area contributed by atoms with E-state index in [-0.39, 0.29) is 5.41 Å². The van der Waals surface area contributed by atoms with Gasteiger partial charge in [0.1, 0.15) is 12.4 Å². The molecule has 0 aromatic carbocycles. The number of carbonyl (C=O) groups is 1. The molecule has 4 aliphatic carbocycles. The van der Waals surface area contributed by atoms with E-state index in [2.05, 4.69) is 19.0 Å². The van der Waals surface area contributed by atoms with Crippen LogP contribution in [0.1, 0.15) is 78.1 Å². The highest BCUT2D eigenvalue weighted by atomic mass is 16.6. The average Bonchev–Trinajstić information content (AvgIpc) is 2.94. The Balaban J connectivity index is 1.46. The van der Waals surface area contributed by atoms with Crippen LogP contribution in [0.5, 0.6) is 0 Å². The van der Waals surface area contributed by atoms with Crippen molar-refractivity contribution in [3.8, 4) is 0 Å². The summed E-state index contributed by atoms with van der Waals surface area (Å²) >= 11 is 0. The first-order chi connectivity index (χ1) is 12.5. The lowest BCUT2D eigenvalue weighted by Gasteiger charge is -2.59. The molecule has 4 nitrogen and oxygen atoms in total. The summed E-state index contributed by atoms with van der Waals surface area (Å²) in [5.74, 6) is 3.54. The van der Waals surface area contributed by atoms with Crippen LogP contribution >= 0.6 is 0 Å². The molecule has 4 fully saturated rings. The van der Waals surface area contributed by atoms with Gasteiger partial charge >= 0.3 is 0 Å². The normalized spacial score (nSPS) is 46.6. The Bertz CT molecular complexity index is 589. The average molecular weight is 361 g/mol. The highest BCUT2D eigenvalue weighted by Gasteiger charge is 2.60. The van der Waals surface area contributed by atoms with Crippen molar-refractivity contribution in [1.82, 2.24) is 0 Å². The predicted molar refractivity (Wildman–Crippen MR) is 104 cm³/mol. The molecule has 2 N–H and O–H groups in total. The van der Waals surface area contributed by atoms with Crippen LogP contribution in [0.25, 0.3) is 0 Å². The topological polar surface area (TPSA) is 64.7 Å². The molecule has 4 unspecified atom stereocenters. The van der Waals surface area contributed by atoms with Crippen molar-refractivity contribution in [1.29, 1.82) is 0 Å². The predicted octanol–water partition coefficient (Wildman–Crippen LogP) is 4.32. The van der Waals surface area contributed by atoms with Gasteiger partial charge in [0.2, 0.25) is 0 Å². The van der Waals surface area contributed by atoms with Crippen molar-refractivity contribution in [2.75, 3.05) is 13.2 Å². The summed E-state index contributed by atoms with van der Waals surface area (Å²) in [6, 6.07) is 0. The Hall–Kier alpha value is -0.900. The molecule has 4 aliphatic rings. The van der Waals surface area contributed by atoms with Crippen LogP contribution in [0, 0.1) is 34.5 Å². The first-order valence-electron chi connectivity index (χ1n) is 10.9. The van der Waals surface area contributed by atoms with Gasteiger partial charge in [0.25, 0.3) is 0 Å². The van der Waals surface area contributed by atoms with Gasteiger partial charge in [-0.05, 0) is 93.4 Å². The molecule has 4 heteroatoms. The van der Waals surface area contributed by atoms with E-state index in [9.17, 15) is 4.79 Å². The zero-order valence-electron chi connectivity index (χ0n) is 16.6. The molecule has 146 valence electrons. The lowest BCUT2D eigenvalue weighted by atomic mass is 9.45. The Labute approximate surface area is 158 Å². The molecule has 4 saturated carbocycles. The van der Waals surface area contributed by atoms with E-state index in [1.807, 2.05) is 0 Å². The van der Waals surface area contributed by atoms with E-state index in [4.69, 9.17) is 10.6 Å². The van der Waals surface area contributed by atoms with E-state index in [0.29, 0.717) is 30.3 Å². The highest BCUT2D eigenvalue weighted by molar-refractivity contribution is 5.87. The molecule has 0 aliphatic heterocycles. The van der Waals surface area contributed by atoms with E-state index in [0.717, 1.165) is 56.3 Å². The molecule has 4 rings (SSSR count). The Kier molecular flexibility index (Phi) is 4.92. The number of Topliss-reactive ketones (excluding diaryl/α,β-unsaturated/α-hetero) is 1. The lowest BCUT2D eigenvalue weighted by Crippen LogP contribution is -2.53. The summed E-state index contributed by atoms with van der Waals surface area (Å²) in [6.07, 6.45) is 11.3. The maximum absolute atomic E-state index is 12.5. The Morgan fingerprint density at radius 3 is 2.77 bits per heavy atom. The molecule has 0 saturated heterocycles. The van der Waals surface area contributed by atoms with Gasteiger partial charge in [0.15, 0.2) is 0 Å². The number of hydrogen-bond acceptors (Lipinski definition) is 4. The van der Waals surface area contributed by atoms with E-state index in [1.165, 1.54) is 31.4 Å². The van der Waals surface area contributed by atoms with Crippen LogP contribution < -0.4 is 5.73 Å². The summed E-state index contributed by atoms with van der Waals surface area (Å²) in [7, 11) is 0. The van der Waals surface area contributed by atoms with Gasteiger partial charge in [-0.25, -0.2) is 0 Å². The number of nitrogens with two attached hydrogens (primary N) is 1. The summed E-state index contributed by atoms with van der Waals surface area (Å²) < 4.78 is 0. The minimum absolute atomic E-state index is 0.00246. The van der Waals surface area contributed by atoms with Crippen molar-refractivity contribution in [3.63, 3.8) is 0 Å². The maximum atomic E-state index is 12.5. The summed E-state index contributed by atoms with van der Waals surface area (Å²) in [5, 5.41) is 4.44. The lowest BCUT2D eigenvalue weighted by molar-refractivity contribution is -0.137. The molecular formula is C22H36N2O2. The number of nitrogens with zero attached hydrogens (tertiary/aromatic N) is 1.